The number of fused-ring (bicyclic) bond motifs is 1. The van der Waals surface area contributed by atoms with Crippen LogP contribution in [0.15, 0.2) is 30.5 Å². The van der Waals surface area contributed by atoms with Crippen LogP contribution in [-0.4, -0.2) is 29.3 Å². The Morgan fingerprint density at radius 1 is 1.17 bits per heavy atom. The molecule has 92 valence electrons. The number of ether oxygens (including phenoxy) is 2. The minimum absolute atomic E-state index is 0.173. The van der Waals surface area contributed by atoms with Crippen LogP contribution in [0.4, 0.5) is 0 Å². The fourth-order valence-electron chi connectivity index (χ4n) is 2.00. The van der Waals surface area contributed by atoms with Crippen LogP contribution >= 0.6 is 0 Å². The van der Waals surface area contributed by atoms with E-state index in [-0.39, 0.29) is 5.69 Å². The zero-order valence-electron chi connectivity index (χ0n) is 9.47. The second-order valence-electron chi connectivity index (χ2n) is 3.93. The minimum Gasteiger partial charge on any atom is -0.486 e. The third kappa shape index (κ3) is 1.69. The third-order valence-electron chi connectivity index (χ3n) is 2.81. The lowest BCUT2D eigenvalue weighted by atomic mass is 10.1. The first-order valence-corrected chi connectivity index (χ1v) is 5.56. The highest BCUT2D eigenvalue weighted by molar-refractivity contribution is 5.94. The van der Waals surface area contributed by atoms with Gasteiger partial charge in [-0.1, -0.05) is 6.07 Å². The number of aromatic carboxylic acids is 1. The van der Waals surface area contributed by atoms with Crippen LogP contribution in [-0.2, 0) is 0 Å². The summed E-state index contributed by atoms with van der Waals surface area (Å²) in [6, 6.07) is 7.14. The highest BCUT2D eigenvalue weighted by atomic mass is 16.6. The van der Waals surface area contributed by atoms with Crippen LogP contribution in [0.2, 0.25) is 0 Å². The van der Waals surface area contributed by atoms with Gasteiger partial charge in [0.2, 0.25) is 0 Å². The number of H-pyrrole nitrogens is 1. The van der Waals surface area contributed by atoms with E-state index < -0.39 is 5.97 Å². The van der Waals surface area contributed by atoms with Gasteiger partial charge in [-0.15, -0.1) is 0 Å². The number of aromatic amines is 1. The van der Waals surface area contributed by atoms with Crippen molar-refractivity contribution in [2.45, 2.75) is 0 Å². The molecule has 2 heterocycles. The van der Waals surface area contributed by atoms with Crippen molar-refractivity contribution in [2.75, 3.05) is 13.2 Å². The summed E-state index contributed by atoms with van der Waals surface area (Å²) in [4.78, 5) is 13.8. The molecule has 3 rings (SSSR count). The minimum atomic E-state index is -0.982. The first-order chi connectivity index (χ1) is 8.75. The molecule has 1 aromatic carbocycles. The van der Waals surface area contributed by atoms with Gasteiger partial charge >= 0.3 is 5.97 Å². The first kappa shape index (κ1) is 10.7. The summed E-state index contributed by atoms with van der Waals surface area (Å²) in [5.41, 5.74) is 1.60. The van der Waals surface area contributed by atoms with Crippen LogP contribution in [0.1, 0.15) is 10.5 Å². The number of carbonyl (C=O) groups is 1. The van der Waals surface area contributed by atoms with E-state index in [1.165, 1.54) is 0 Å². The van der Waals surface area contributed by atoms with Crippen molar-refractivity contribution < 1.29 is 19.4 Å². The fraction of sp³-hybridized carbons (Fsp3) is 0.154. The number of carboxylic acid groups (broad SMARTS) is 1. The second kappa shape index (κ2) is 4.10. The predicted octanol–water partition coefficient (Wildman–Crippen LogP) is 2.15. The zero-order chi connectivity index (χ0) is 12.5. The van der Waals surface area contributed by atoms with Gasteiger partial charge in [0.1, 0.15) is 18.9 Å². The Kier molecular flexibility index (Phi) is 2.44. The van der Waals surface area contributed by atoms with Crippen LogP contribution in [0.3, 0.4) is 0 Å². The quantitative estimate of drug-likeness (QED) is 0.850. The molecule has 5 nitrogen and oxygen atoms in total. The van der Waals surface area contributed by atoms with Gasteiger partial charge in [-0.05, 0) is 23.8 Å². The van der Waals surface area contributed by atoms with E-state index in [9.17, 15) is 4.79 Å². The Morgan fingerprint density at radius 3 is 2.72 bits per heavy atom. The summed E-state index contributed by atoms with van der Waals surface area (Å²) in [7, 11) is 0. The summed E-state index contributed by atoms with van der Waals surface area (Å²) in [5, 5.41) is 9.07. The molecule has 0 spiro atoms. The molecule has 0 atom stereocenters. The summed E-state index contributed by atoms with van der Waals surface area (Å²) in [5.74, 6) is 0.360. The van der Waals surface area contributed by atoms with Crippen LogP contribution in [0.5, 0.6) is 11.5 Å². The molecule has 1 aliphatic heterocycles. The van der Waals surface area contributed by atoms with Gasteiger partial charge < -0.3 is 19.6 Å². The monoisotopic (exact) mass is 245 g/mol. The highest BCUT2D eigenvalue weighted by Gasteiger charge is 2.16. The lowest BCUT2D eigenvalue weighted by Crippen LogP contribution is -2.15. The average molecular weight is 245 g/mol. The van der Waals surface area contributed by atoms with Crippen molar-refractivity contribution in [3.8, 4) is 22.6 Å². The van der Waals surface area contributed by atoms with Gasteiger partial charge in [-0.25, -0.2) is 4.79 Å². The van der Waals surface area contributed by atoms with E-state index in [0.717, 1.165) is 5.56 Å². The lowest BCUT2D eigenvalue weighted by Gasteiger charge is -2.18. The van der Waals surface area contributed by atoms with Gasteiger partial charge in [0.05, 0.1) is 0 Å². The molecule has 2 aromatic rings. The molecule has 0 saturated carbocycles. The van der Waals surface area contributed by atoms with Crippen molar-refractivity contribution >= 4 is 5.97 Å². The average Bonchev–Trinajstić information content (AvgIpc) is 2.87. The molecular weight excluding hydrogens is 234 g/mol. The predicted molar refractivity (Wildman–Crippen MR) is 64.2 cm³/mol. The summed E-state index contributed by atoms with van der Waals surface area (Å²) in [6.07, 6.45) is 1.61. The maximum atomic E-state index is 11.1. The summed E-state index contributed by atoms with van der Waals surface area (Å²) >= 11 is 0. The SMILES string of the molecule is O=C(O)c1[nH]ccc1-c1ccc2c(c1)OCCO2. The topological polar surface area (TPSA) is 71.5 Å². The molecule has 0 radical (unpaired) electrons. The second-order valence-corrected chi connectivity index (χ2v) is 3.93. The molecule has 0 saturated heterocycles. The summed E-state index contributed by atoms with van der Waals surface area (Å²) < 4.78 is 10.9. The van der Waals surface area contributed by atoms with Crippen molar-refractivity contribution in [1.82, 2.24) is 4.98 Å². The van der Waals surface area contributed by atoms with Gasteiger partial charge in [0.15, 0.2) is 11.5 Å². The standard InChI is InChI=1S/C13H11NO4/c15-13(16)12-9(3-4-14-12)8-1-2-10-11(7-8)18-6-5-17-10/h1-4,7,14H,5-6H2,(H,15,16). The molecule has 1 aliphatic rings. The maximum absolute atomic E-state index is 11.1. The zero-order valence-corrected chi connectivity index (χ0v) is 9.47. The molecule has 5 heteroatoms. The highest BCUT2D eigenvalue weighted by Crippen LogP contribution is 2.35. The number of hydrogen-bond donors (Lipinski definition) is 2. The molecule has 0 fully saturated rings. The van der Waals surface area contributed by atoms with Crippen LogP contribution < -0.4 is 9.47 Å². The Hall–Kier alpha value is -2.43. The van der Waals surface area contributed by atoms with Gasteiger partial charge in [0.25, 0.3) is 0 Å². The first-order valence-electron chi connectivity index (χ1n) is 5.56. The number of hydrogen-bond acceptors (Lipinski definition) is 3. The van der Waals surface area contributed by atoms with E-state index in [1.54, 1.807) is 24.4 Å². The number of nitrogens with one attached hydrogen (secondary N) is 1. The largest absolute Gasteiger partial charge is 0.486 e. The van der Waals surface area contributed by atoms with Gasteiger partial charge in [-0.2, -0.15) is 0 Å². The maximum Gasteiger partial charge on any atom is 0.352 e. The Morgan fingerprint density at radius 2 is 1.94 bits per heavy atom. The fourth-order valence-corrected chi connectivity index (χ4v) is 2.00. The smallest absolute Gasteiger partial charge is 0.352 e. The molecule has 0 aliphatic carbocycles. The van der Waals surface area contributed by atoms with Crippen molar-refractivity contribution in [1.29, 1.82) is 0 Å². The number of rotatable bonds is 2. The Balaban J connectivity index is 2.06. The molecule has 0 unspecified atom stereocenters. The van der Waals surface area contributed by atoms with Crippen molar-refractivity contribution in [2.24, 2.45) is 0 Å². The molecule has 18 heavy (non-hydrogen) atoms. The third-order valence-corrected chi connectivity index (χ3v) is 2.81. The molecular formula is C13H11NO4. The van der Waals surface area contributed by atoms with Gasteiger partial charge in [0, 0.05) is 11.8 Å². The molecule has 2 N–H and O–H groups in total. The lowest BCUT2D eigenvalue weighted by molar-refractivity contribution is 0.0692. The van der Waals surface area contributed by atoms with E-state index in [1.807, 2.05) is 6.07 Å². The summed E-state index contributed by atoms with van der Waals surface area (Å²) in [6.45, 7) is 1.05. The van der Waals surface area contributed by atoms with E-state index >= 15 is 0 Å². The van der Waals surface area contributed by atoms with Crippen molar-refractivity contribution in [3.63, 3.8) is 0 Å². The van der Waals surface area contributed by atoms with Crippen LogP contribution in [0, 0.1) is 0 Å². The van der Waals surface area contributed by atoms with E-state index in [2.05, 4.69) is 4.98 Å². The van der Waals surface area contributed by atoms with E-state index in [0.29, 0.717) is 30.3 Å². The molecule has 0 bridgehead atoms. The number of carboxylic acids is 1. The Bertz CT molecular complexity index is 603. The van der Waals surface area contributed by atoms with E-state index in [4.69, 9.17) is 14.6 Å². The molecule has 0 amide bonds. The van der Waals surface area contributed by atoms with Gasteiger partial charge in [-0.3, -0.25) is 0 Å². The number of benzene rings is 1. The number of aromatic nitrogens is 1. The molecule has 1 aromatic heterocycles. The van der Waals surface area contributed by atoms with Crippen molar-refractivity contribution in [3.05, 3.63) is 36.2 Å². The normalized spacial score (nSPS) is 13.3. The Labute approximate surface area is 103 Å². The van der Waals surface area contributed by atoms with Crippen LogP contribution in [0.25, 0.3) is 11.1 Å².